The Hall–Kier alpha value is -3.00. The monoisotopic (exact) mass is 358 g/mol. The minimum Gasteiger partial charge on any atom is -0.375 e. The number of hydrogen-bond donors (Lipinski definition) is 1. The molecule has 0 aromatic heterocycles. The quantitative estimate of drug-likeness (QED) is 0.566. The third-order valence-electron chi connectivity index (χ3n) is 4.28. The van der Waals surface area contributed by atoms with Crippen LogP contribution in [-0.2, 0) is 13.1 Å². The van der Waals surface area contributed by atoms with Gasteiger partial charge in [-0.3, -0.25) is 25.1 Å². The Morgan fingerprint density at radius 2 is 1.69 bits per heavy atom. The van der Waals surface area contributed by atoms with Crippen molar-refractivity contribution in [3.63, 3.8) is 0 Å². The normalized spacial score (nSPS) is 11.0. The summed E-state index contributed by atoms with van der Waals surface area (Å²) in [5, 5.41) is 25.1. The molecule has 26 heavy (non-hydrogen) atoms. The molecule has 0 unspecified atom stereocenters. The summed E-state index contributed by atoms with van der Waals surface area (Å²) in [5.41, 5.74) is 1.79. The fraction of sp³-hybridized carbons (Fsp3) is 0.333. The van der Waals surface area contributed by atoms with E-state index in [9.17, 15) is 20.2 Å². The van der Waals surface area contributed by atoms with E-state index in [1.54, 1.807) is 0 Å². The van der Waals surface area contributed by atoms with Gasteiger partial charge in [0, 0.05) is 25.2 Å². The molecule has 2 rings (SSSR count). The summed E-state index contributed by atoms with van der Waals surface area (Å²) in [6.07, 6.45) is 0. The van der Waals surface area contributed by atoms with Crippen molar-refractivity contribution in [2.45, 2.75) is 33.0 Å². The summed E-state index contributed by atoms with van der Waals surface area (Å²) >= 11 is 0. The lowest BCUT2D eigenvalue weighted by Gasteiger charge is -2.22. The Morgan fingerprint density at radius 3 is 2.27 bits per heavy atom. The largest absolute Gasteiger partial charge is 0.375 e. The second-order valence-corrected chi connectivity index (χ2v) is 6.35. The summed E-state index contributed by atoms with van der Waals surface area (Å²) < 4.78 is 0. The zero-order valence-corrected chi connectivity index (χ0v) is 15.0. The highest BCUT2D eigenvalue weighted by Gasteiger charge is 2.19. The fourth-order valence-electron chi connectivity index (χ4n) is 2.46. The van der Waals surface area contributed by atoms with Crippen molar-refractivity contribution in [1.82, 2.24) is 4.90 Å². The van der Waals surface area contributed by atoms with Crippen molar-refractivity contribution in [1.29, 1.82) is 0 Å². The standard InChI is InChI=1S/C18H22N4O4/c1-13(2)20(3)12-15-7-5-4-6-14(15)11-19-17-9-8-16(21(23)24)10-18(17)22(25)26/h4-10,13,19H,11-12H2,1-3H3. The highest BCUT2D eigenvalue weighted by molar-refractivity contribution is 5.65. The minimum atomic E-state index is -0.645. The van der Waals surface area contributed by atoms with E-state index in [-0.39, 0.29) is 17.1 Å². The number of benzene rings is 2. The Bertz CT molecular complexity index is 808. The molecule has 2 aromatic rings. The number of nitrogens with one attached hydrogen (secondary N) is 1. The number of anilines is 1. The van der Waals surface area contributed by atoms with Gasteiger partial charge in [0.05, 0.1) is 15.9 Å². The number of hydrogen-bond acceptors (Lipinski definition) is 6. The maximum atomic E-state index is 11.2. The molecule has 0 aliphatic heterocycles. The van der Waals surface area contributed by atoms with Crippen LogP contribution in [0.15, 0.2) is 42.5 Å². The van der Waals surface area contributed by atoms with E-state index < -0.39 is 9.85 Å². The molecule has 0 heterocycles. The molecule has 0 saturated carbocycles. The number of rotatable bonds is 8. The SMILES string of the molecule is CC(C)N(C)Cc1ccccc1CNc1ccc([N+](=O)[O-])cc1[N+](=O)[O-]. The van der Waals surface area contributed by atoms with Crippen LogP contribution in [-0.4, -0.2) is 27.8 Å². The summed E-state index contributed by atoms with van der Waals surface area (Å²) in [5.74, 6) is 0. The molecule has 1 N–H and O–H groups in total. The lowest BCUT2D eigenvalue weighted by Crippen LogP contribution is -2.26. The van der Waals surface area contributed by atoms with Crippen molar-refractivity contribution < 1.29 is 9.85 Å². The number of nitrogens with zero attached hydrogens (tertiary/aromatic N) is 3. The van der Waals surface area contributed by atoms with E-state index in [1.807, 2.05) is 31.3 Å². The zero-order chi connectivity index (χ0) is 19.3. The van der Waals surface area contributed by atoms with E-state index in [0.717, 1.165) is 23.7 Å². The molecule has 0 atom stereocenters. The summed E-state index contributed by atoms with van der Waals surface area (Å²) in [6, 6.07) is 11.9. The lowest BCUT2D eigenvalue weighted by atomic mass is 10.1. The number of nitro groups is 2. The van der Waals surface area contributed by atoms with Crippen molar-refractivity contribution in [2.24, 2.45) is 0 Å². The van der Waals surface area contributed by atoms with Gasteiger partial charge in [-0.15, -0.1) is 0 Å². The predicted octanol–water partition coefficient (Wildman–Crippen LogP) is 3.96. The van der Waals surface area contributed by atoms with E-state index in [4.69, 9.17) is 0 Å². The van der Waals surface area contributed by atoms with Gasteiger partial charge in [-0.05, 0) is 38.1 Å². The molecule has 0 radical (unpaired) electrons. The maximum absolute atomic E-state index is 11.2. The van der Waals surface area contributed by atoms with Crippen molar-refractivity contribution >= 4 is 17.1 Å². The summed E-state index contributed by atoms with van der Waals surface area (Å²) in [6.45, 7) is 5.38. The van der Waals surface area contributed by atoms with Crippen LogP contribution < -0.4 is 5.32 Å². The molecule has 0 amide bonds. The van der Waals surface area contributed by atoms with Gasteiger partial charge in [0.1, 0.15) is 5.69 Å². The van der Waals surface area contributed by atoms with Crippen LogP contribution >= 0.6 is 0 Å². The van der Waals surface area contributed by atoms with Crippen LogP contribution in [0.5, 0.6) is 0 Å². The molecule has 8 heteroatoms. The van der Waals surface area contributed by atoms with Crippen LogP contribution in [0.1, 0.15) is 25.0 Å². The molecular weight excluding hydrogens is 336 g/mol. The third-order valence-corrected chi connectivity index (χ3v) is 4.28. The molecule has 8 nitrogen and oxygen atoms in total. The maximum Gasteiger partial charge on any atom is 0.299 e. The van der Waals surface area contributed by atoms with Gasteiger partial charge in [-0.2, -0.15) is 0 Å². The molecule has 0 saturated heterocycles. The molecule has 0 aliphatic carbocycles. The van der Waals surface area contributed by atoms with E-state index in [0.29, 0.717) is 12.6 Å². The topological polar surface area (TPSA) is 102 Å². The van der Waals surface area contributed by atoms with Gasteiger partial charge in [0.25, 0.3) is 11.4 Å². The Morgan fingerprint density at radius 1 is 1.04 bits per heavy atom. The smallest absolute Gasteiger partial charge is 0.299 e. The molecule has 0 aliphatic rings. The van der Waals surface area contributed by atoms with E-state index in [1.165, 1.54) is 12.1 Å². The molecular formula is C18H22N4O4. The first-order chi connectivity index (χ1) is 12.3. The Balaban J connectivity index is 2.21. The molecule has 0 bridgehead atoms. The fourth-order valence-corrected chi connectivity index (χ4v) is 2.46. The van der Waals surface area contributed by atoms with Gasteiger partial charge >= 0.3 is 0 Å². The van der Waals surface area contributed by atoms with Crippen molar-refractivity contribution in [3.05, 3.63) is 73.8 Å². The van der Waals surface area contributed by atoms with Gasteiger partial charge in [0.2, 0.25) is 0 Å². The Labute approximate surface area is 151 Å². The van der Waals surface area contributed by atoms with Crippen molar-refractivity contribution in [3.8, 4) is 0 Å². The number of nitro benzene ring substituents is 2. The molecule has 138 valence electrons. The van der Waals surface area contributed by atoms with Gasteiger partial charge in [-0.1, -0.05) is 24.3 Å². The van der Waals surface area contributed by atoms with E-state index >= 15 is 0 Å². The Kier molecular flexibility index (Phi) is 6.24. The first-order valence-corrected chi connectivity index (χ1v) is 8.23. The van der Waals surface area contributed by atoms with Crippen LogP contribution in [0.25, 0.3) is 0 Å². The van der Waals surface area contributed by atoms with Gasteiger partial charge in [-0.25, -0.2) is 0 Å². The van der Waals surface area contributed by atoms with E-state index in [2.05, 4.69) is 24.1 Å². The molecule has 0 fully saturated rings. The first kappa shape index (κ1) is 19.3. The summed E-state index contributed by atoms with van der Waals surface area (Å²) in [7, 11) is 2.04. The minimum absolute atomic E-state index is 0.257. The molecule has 0 spiro atoms. The van der Waals surface area contributed by atoms with Gasteiger partial charge < -0.3 is 5.32 Å². The van der Waals surface area contributed by atoms with Crippen molar-refractivity contribution in [2.75, 3.05) is 12.4 Å². The second-order valence-electron chi connectivity index (χ2n) is 6.35. The average Bonchev–Trinajstić information content (AvgIpc) is 2.60. The zero-order valence-electron chi connectivity index (χ0n) is 15.0. The predicted molar refractivity (Wildman–Crippen MR) is 100 cm³/mol. The average molecular weight is 358 g/mol. The number of non-ortho nitro benzene ring substituents is 1. The van der Waals surface area contributed by atoms with Crippen LogP contribution in [0, 0.1) is 20.2 Å². The second kappa shape index (κ2) is 8.39. The van der Waals surface area contributed by atoms with Gasteiger partial charge in [0.15, 0.2) is 0 Å². The van der Waals surface area contributed by atoms with Crippen LogP contribution in [0.4, 0.5) is 17.1 Å². The highest BCUT2D eigenvalue weighted by Crippen LogP contribution is 2.29. The highest BCUT2D eigenvalue weighted by atomic mass is 16.6. The molecule has 2 aromatic carbocycles. The lowest BCUT2D eigenvalue weighted by molar-refractivity contribution is -0.393. The van der Waals surface area contributed by atoms with Crippen LogP contribution in [0.2, 0.25) is 0 Å². The summed E-state index contributed by atoms with van der Waals surface area (Å²) in [4.78, 5) is 23.0. The first-order valence-electron chi connectivity index (χ1n) is 8.23. The third kappa shape index (κ3) is 4.76. The van der Waals surface area contributed by atoms with Crippen LogP contribution in [0.3, 0.4) is 0 Å².